The van der Waals surface area contributed by atoms with Crippen LogP contribution in [0.25, 0.3) is 0 Å². The Morgan fingerprint density at radius 3 is 1.80 bits per heavy atom. The Labute approximate surface area is 96.8 Å². The van der Waals surface area contributed by atoms with Crippen molar-refractivity contribution in [3.05, 3.63) is 0 Å². The van der Waals surface area contributed by atoms with Crippen molar-refractivity contribution in [2.24, 2.45) is 22.2 Å². The summed E-state index contributed by atoms with van der Waals surface area (Å²) in [5, 5.41) is 0. The first-order chi connectivity index (χ1) is 6.59. The molecule has 2 atom stereocenters. The van der Waals surface area contributed by atoms with Gasteiger partial charge in [0.05, 0.1) is 0 Å². The molecule has 1 aliphatic carbocycles. The fourth-order valence-electron chi connectivity index (χ4n) is 3.62. The lowest BCUT2D eigenvalue weighted by atomic mass is 9.50. The molecule has 0 unspecified atom stereocenters. The van der Waals surface area contributed by atoms with Gasteiger partial charge in [-0.05, 0) is 35.0 Å². The minimum atomic E-state index is 0.436. The summed E-state index contributed by atoms with van der Waals surface area (Å²) in [6.07, 6.45) is 5.71. The fourth-order valence-corrected chi connectivity index (χ4v) is 3.62. The van der Waals surface area contributed by atoms with E-state index in [4.69, 9.17) is 0 Å². The first-order valence-electron chi connectivity index (χ1n) is 6.59. The van der Waals surface area contributed by atoms with E-state index in [0.717, 1.165) is 5.92 Å². The van der Waals surface area contributed by atoms with Gasteiger partial charge in [0.25, 0.3) is 0 Å². The molecule has 0 aromatic rings. The SMILES string of the molecule is CC(C)(C)[C@H]1CCCC[C@]1(C)C(C)(C)C. The average molecular weight is 210 g/mol. The second kappa shape index (κ2) is 3.79. The molecule has 0 aliphatic heterocycles. The van der Waals surface area contributed by atoms with E-state index in [9.17, 15) is 0 Å². The van der Waals surface area contributed by atoms with Gasteiger partial charge in [0, 0.05) is 0 Å². The lowest BCUT2D eigenvalue weighted by Crippen LogP contribution is -2.47. The summed E-state index contributed by atoms with van der Waals surface area (Å²) < 4.78 is 0. The zero-order valence-corrected chi connectivity index (χ0v) is 11.9. The van der Waals surface area contributed by atoms with Gasteiger partial charge < -0.3 is 0 Å². The van der Waals surface area contributed by atoms with Crippen LogP contribution in [0.15, 0.2) is 0 Å². The maximum atomic E-state index is 2.53. The maximum absolute atomic E-state index is 2.53. The van der Waals surface area contributed by atoms with E-state index in [-0.39, 0.29) is 0 Å². The van der Waals surface area contributed by atoms with Crippen LogP contribution in [0.5, 0.6) is 0 Å². The van der Waals surface area contributed by atoms with Gasteiger partial charge in [0.15, 0.2) is 0 Å². The summed E-state index contributed by atoms with van der Waals surface area (Å²) in [6, 6.07) is 0. The van der Waals surface area contributed by atoms with Crippen LogP contribution < -0.4 is 0 Å². The molecule has 90 valence electrons. The molecule has 0 saturated heterocycles. The van der Waals surface area contributed by atoms with Crippen molar-refractivity contribution in [3.8, 4) is 0 Å². The molecule has 15 heavy (non-hydrogen) atoms. The third-order valence-corrected chi connectivity index (χ3v) is 4.97. The van der Waals surface area contributed by atoms with Crippen molar-refractivity contribution in [3.63, 3.8) is 0 Å². The molecule has 1 saturated carbocycles. The summed E-state index contributed by atoms with van der Waals surface area (Å²) in [6.45, 7) is 17.1. The molecule has 0 N–H and O–H groups in total. The Morgan fingerprint density at radius 2 is 1.47 bits per heavy atom. The number of hydrogen-bond acceptors (Lipinski definition) is 0. The van der Waals surface area contributed by atoms with Gasteiger partial charge in [-0.2, -0.15) is 0 Å². The van der Waals surface area contributed by atoms with E-state index >= 15 is 0 Å². The van der Waals surface area contributed by atoms with Crippen LogP contribution in [0.2, 0.25) is 0 Å². The summed E-state index contributed by atoms with van der Waals surface area (Å²) in [7, 11) is 0. The molecule has 1 fully saturated rings. The number of hydrogen-bond donors (Lipinski definition) is 0. The molecular formula is C15H30. The molecule has 1 aliphatic rings. The van der Waals surface area contributed by atoms with Crippen LogP contribution in [0.4, 0.5) is 0 Å². The zero-order chi connectivity index (χ0) is 11.9. The molecular weight excluding hydrogens is 180 g/mol. The first-order valence-corrected chi connectivity index (χ1v) is 6.59. The highest BCUT2D eigenvalue weighted by molar-refractivity contribution is 4.98. The van der Waals surface area contributed by atoms with E-state index < -0.39 is 0 Å². The predicted molar refractivity (Wildman–Crippen MR) is 69.0 cm³/mol. The Bertz CT molecular complexity index is 213. The van der Waals surface area contributed by atoms with Crippen molar-refractivity contribution in [2.75, 3.05) is 0 Å². The van der Waals surface area contributed by atoms with Crippen molar-refractivity contribution >= 4 is 0 Å². The lowest BCUT2D eigenvalue weighted by Gasteiger charge is -2.55. The van der Waals surface area contributed by atoms with E-state index in [1.807, 2.05) is 0 Å². The monoisotopic (exact) mass is 210 g/mol. The Balaban J connectivity index is 3.02. The number of rotatable bonds is 0. The standard InChI is InChI=1S/C15H30/c1-13(2,3)12-10-8-9-11-15(12,7)14(4,5)6/h12H,8-11H2,1-7H3/t12-,15+/m1/s1. The molecule has 0 aromatic heterocycles. The molecule has 1 rings (SSSR count). The van der Waals surface area contributed by atoms with Gasteiger partial charge >= 0.3 is 0 Å². The van der Waals surface area contributed by atoms with Crippen LogP contribution >= 0.6 is 0 Å². The van der Waals surface area contributed by atoms with Crippen LogP contribution in [-0.2, 0) is 0 Å². The largest absolute Gasteiger partial charge is 0.0599 e. The Morgan fingerprint density at radius 1 is 0.933 bits per heavy atom. The average Bonchev–Trinajstić information content (AvgIpc) is 2.00. The third-order valence-electron chi connectivity index (χ3n) is 4.97. The highest BCUT2D eigenvalue weighted by atomic mass is 14.5. The molecule has 0 aromatic carbocycles. The van der Waals surface area contributed by atoms with Gasteiger partial charge in [-0.3, -0.25) is 0 Å². The minimum Gasteiger partial charge on any atom is -0.0599 e. The maximum Gasteiger partial charge on any atom is -0.0244 e. The molecule has 0 heterocycles. The second-order valence-electron chi connectivity index (χ2n) is 7.83. The third kappa shape index (κ3) is 2.40. The van der Waals surface area contributed by atoms with Gasteiger partial charge in [0.1, 0.15) is 0 Å². The van der Waals surface area contributed by atoms with Crippen molar-refractivity contribution in [1.29, 1.82) is 0 Å². The Kier molecular flexibility index (Phi) is 3.30. The van der Waals surface area contributed by atoms with Crippen molar-refractivity contribution in [1.82, 2.24) is 0 Å². The van der Waals surface area contributed by atoms with Gasteiger partial charge in [0.2, 0.25) is 0 Å². The molecule has 0 spiro atoms. The predicted octanol–water partition coefficient (Wildman–Crippen LogP) is 5.28. The highest BCUT2D eigenvalue weighted by Gasteiger charge is 2.49. The van der Waals surface area contributed by atoms with Gasteiger partial charge in [-0.1, -0.05) is 61.3 Å². The first kappa shape index (κ1) is 13.1. The van der Waals surface area contributed by atoms with E-state index in [1.54, 1.807) is 0 Å². The summed E-state index contributed by atoms with van der Waals surface area (Å²) >= 11 is 0. The molecule has 0 bridgehead atoms. The van der Waals surface area contributed by atoms with Crippen molar-refractivity contribution < 1.29 is 0 Å². The van der Waals surface area contributed by atoms with E-state index in [1.165, 1.54) is 25.7 Å². The minimum absolute atomic E-state index is 0.436. The summed E-state index contributed by atoms with van der Waals surface area (Å²) in [5.74, 6) is 0.874. The second-order valence-corrected chi connectivity index (χ2v) is 7.83. The molecule has 0 heteroatoms. The molecule has 0 amide bonds. The van der Waals surface area contributed by atoms with Gasteiger partial charge in [-0.15, -0.1) is 0 Å². The van der Waals surface area contributed by atoms with E-state index in [2.05, 4.69) is 48.5 Å². The highest BCUT2D eigenvalue weighted by Crippen LogP contribution is 2.57. The van der Waals surface area contributed by atoms with E-state index in [0.29, 0.717) is 16.2 Å². The molecule has 0 nitrogen and oxygen atoms in total. The quantitative estimate of drug-likeness (QED) is 0.510. The molecule has 0 radical (unpaired) electrons. The summed E-state index contributed by atoms with van der Waals surface area (Å²) in [5.41, 5.74) is 1.41. The smallest absolute Gasteiger partial charge is 0.0244 e. The topological polar surface area (TPSA) is 0 Å². The zero-order valence-electron chi connectivity index (χ0n) is 11.9. The van der Waals surface area contributed by atoms with Crippen LogP contribution in [0.1, 0.15) is 74.1 Å². The van der Waals surface area contributed by atoms with Crippen LogP contribution in [0.3, 0.4) is 0 Å². The van der Waals surface area contributed by atoms with Crippen LogP contribution in [-0.4, -0.2) is 0 Å². The lowest BCUT2D eigenvalue weighted by molar-refractivity contribution is -0.0569. The summed E-state index contributed by atoms with van der Waals surface area (Å²) in [4.78, 5) is 0. The van der Waals surface area contributed by atoms with Crippen LogP contribution in [0, 0.1) is 22.2 Å². The normalized spacial score (nSPS) is 34.2. The fraction of sp³-hybridized carbons (Fsp3) is 1.00. The van der Waals surface area contributed by atoms with Gasteiger partial charge in [-0.25, -0.2) is 0 Å². The van der Waals surface area contributed by atoms with Crippen molar-refractivity contribution in [2.45, 2.75) is 74.1 Å². The Hall–Kier alpha value is 0.